The summed E-state index contributed by atoms with van der Waals surface area (Å²) in [5.41, 5.74) is 5.82. The van der Waals surface area contributed by atoms with E-state index in [4.69, 9.17) is 17.3 Å². The summed E-state index contributed by atoms with van der Waals surface area (Å²) in [6.07, 6.45) is 0. The van der Waals surface area contributed by atoms with E-state index in [2.05, 4.69) is 0 Å². The lowest BCUT2D eigenvalue weighted by Gasteiger charge is -2.24. The van der Waals surface area contributed by atoms with Crippen LogP contribution < -0.4 is 5.73 Å². The van der Waals surface area contributed by atoms with Crippen molar-refractivity contribution in [3.63, 3.8) is 0 Å². The van der Waals surface area contributed by atoms with Crippen LogP contribution in [0.1, 0.15) is 17.4 Å². The minimum absolute atomic E-state index is 0.294. The quantitative estimate of drug-likeness (QED) is 0.869. The van der Waals surface area contributed by atoms with Gasteiger partial charge >= 0.3 is 0 Å². The van der Waals surface area contributed by atoms with Crippen LogP contribution in [0, 0.1) is 5.82 Å². The van der Waals surface area contributed by atoms with Crippen molar-refractivity contribution in [3.8, 4) is 0 Å². The fourth-order valence-corrected chi connectivity index (χ4v) is 2.73. The van der Waals surface area contributed by atoms with Crippen LogP contribution in [0.4, 0.5) is 4.39 Å². The van der Waals surface area contributed by atoms with Gasteiger partial charge in [0.05, 0.1) is 9.88 Å². The molecule has 84 valence electrons. The highest BCUT2D eigenvalue weighted by Gasteiger charge is 2.28. The van der Waals surface area contributed by atoms with Crippen LogP contribution in [0.3, 0.4) is 0 Å². The molecular formula is C12H11ClFNS. The van der Waals surface area contributed by atoms with Crippen molar-refractivity contribution >= 4 is 22.9 Å². The Kier molecular flexibility index (Phi) is 3.02. The summed E-state index contributed by atoms with van der Waals surface area (Å²) in [6, 6.07) is 10.1. The molecule has 0 radical (unpaired) electrons. The number of hydrogen-bond acceptors (Lipinski definition) is 2. The van der Waals surface area contributed by atoms with E-state index >= 15 is 0 Å². The molecule has 0 saturated heterocycles. The monoisotopic (exact) mass is 255 g/mol. The lowest BCUT2D eigenvalue weighted by atomic mass is 9.91. The average molecular weight is 256 g/mol. The molecule has 1 unspecified atom stereocenters. The summed E-state index contributed by atoms with van der Waals surface area (Å²) in [7, 11) is 0. The van der Waals surface area contributed by atoms with Gasteiger partial charge in [-0.2, -0.15) is 0 Å². The number of hydrogen-bond donors (Lipinski definition) is 1. The molecule has 2 aromatic rings. The van der Waals surface area contributed by atoms with Gasteiger partial charge in [-0.25, -0.2) is 4.39 Å². The van der Waals surface area contributed by atoms with Gasteiger partial charge in [0.1, 0.15) is 5.82 Å². The predicted molar refractivity (Wildman–Crippen MR) is 66.4 cm³/mol. The van der Waals surface area contributed by atoms with E-state index in [1.807, 2.05) is 6.07 Å². The summed E-state index contributed by atoms with van der Waals surface area (Å²) >= 11 is 7.23. The second-order valence-corrected chi connectivity index (χ2v) is 5.50. The van der Waals surface area contributed by atoms with E-state index in [1.165, 1.54) is 17.4 Å². The maximum Gasteiger partial charge on any atom is 0.128 e. The molecule has 0 spiro atoms. The Hall–Kier alpha value is -0.900. The van der Waals surface area contributed by atoms with Gasteiger partial charge in [0, 0.05) is 10.4 Å². The zero-order chi connectivity index (χ0) is 11.8. The average Bonchev–Trinajstić information content (AvgIpc) is 2.66. The van der Waals surface area contributed by atoms with E-state index in [0.717, 1.165) is 4.88 Å². The molecule has 2 N–H and O–H groups in total. The summed E-state index contributed by atoms with van der Waals surface area (Å²) in [4.78, 5) is 0.850. The van der Waals surface area contributed by atoms with Crippen LogP contribution in [-0.4, -0.2) is 0 Å². The van der Waals surface area contributed by atoms with E-state index in [-0.39, 0.29) is 5.82 Å². The normalized spacial score (nSPS) is 14.8. The zero-order valence-electron chi connectivity index (χ0n) is 8.71. The molecule has 0 bridgehead atoms. The smallest absolute Gasteiger partial charge is 0.128 e. The highest BCUT2D eigenvalue weighted by Crippen LogP contribution is 2.34. The Bertz CT molecular complexity index is 507. The van der Waals surface area contributed by atoms with Crippen LogP contribution in [0.15, 0.2) is 36.4 Å². The third-order valence-electron chi connectivity index (χ3n) is 2.52. The Morgan fingerprint density at radius 2 is 1.94 bits per heavy atom. The Labute approximate surface area is 103 Å². The van der Waals surface area contributed by atoms with Gasteiger partial charge in [0.2, 0.25) is 0 Å². The minimum Gasteiger partial charge on any atom is -0.317 e. The van der Waals surface area contributed by atoms with Gasteiger partial charge in [0.25, 0.3) is 0 Å². The molecule has 0 aliphatic rings. The number of nitrogens with two attached hydrogens (primary N) is 1. The first-order chi connectivity index (χ1) is 7.51. The fourth-order valence-electron chi connectivity index (χ4n) is 1.61. The number of thiophene rings is 1. The van der Waals surface area contributed by atoms with Crippen molar-refractivity contribution in [2.24, 2.45) is 5.73 Å². The van der Waals surface area contributed by atoms with Crippen molar-refractivity contribution in [1.29, 1.82) is 0 Å². The standard InChI is InChI=1S/C12H11ClFNS/c1-12(15,10-6-7-11(13)16-10)8-4-2-3-5-9(8)14/h2-7H,15H2,1H3. The Morgan fingerprint density at radius 1 is 1.25 bits per heavy atom. The Balaban J connectivity index is 2.50. The predicted octanol–water partition coefficient (Wildman–Crippen LogP) is 3.76. The molecule has 0 amide bonds. The molecule has 1 nitrogen and oxygen atoms in total. The van der Waals surface area contributed by atoms with Crippen LogP contribution in [0.5, 0.6) is 0 Å². The molecule has 2 rings (SSSR count). The van der Waals surface area contributed by atoms with Gasteiger partial charge in [-0.05, 0) is 25.1 Å². The van der Waals surface area contributed by atoms with E-state index in [1.54, 1.807) is 31.2 Å². The van der Waals surface area contributed by atoms with Crippen molar-refractivity contribution < 1.29 is 4.39 Å². The summed E-state index contributed by atoms with van der Waals surface area (Å²) in [5.74, 6) is -0.294. The van der Waals surface area contributed by atoms with E-state index in [0.29, 0.717) is 9.90 Å². The maximum atomic E-state index is 13.7. The molecule has 0 aliphatic heterocycles. The molecule has 0 aliphatic carbocycles. The van der Waals surface area contributed by atoms with Crippen LogP contribution in [-0.2, 0) is 5.54 Å². The van der Waals surface area contributed by atoms with Gasteiger partial charge in [-0.3, -0.25) is 0 Å². The minimum atomic E-state index is -0.844. The van der Waals surface area contributed by atoms with Crippen molar-refractivity contribution in [3.05, 3.63) is 57.0 Å². The third-order valence-corrected chi connectivity index (χ3v) is 3.99. The highest BCUT2D eigenvalue weighted by molar-refractivity contribution is 7.16. The van der Waals surface area contributed by atoms with Crippen molar-refractivity contribution in [2.75, 3.05) is 0 Å². The summed E-state index contributed by atoms with van der Waals surface area (Å²) < 4.78 is 14.3. The highest BCUT2D eigenvalue weighted by atomic mass is 35.5. The maximum absolute atomic E-state index is 13.7. The first-order valence-corrected chi connectivity index (χ1v) is 6.01. The molecule has 1 aromatic heterocycles. The van der Waals surface area contributed by atoms with Gasteiger partial charge in [-0.1, -0.05) is 29.8 Å². The van der Waals surface area contributed by atoms with Gasteiger partial charge < -0.3 is 5.73 Å². The van der Waals surface area contributed by atoms with Gasteiger partial charge in [0.15, 0.2) is 0 Å². The second kappa shape index (κ2) is 4.17. The molecule has 1 atom stereocenters. The summed E-state index contributed by atoms with van der Waals surface area (Å²) in [5, 5.41) is 0. The zero-order valence-corrected chi connectivity index (χ0v) is 10.3. The largest absolute Gasteiger partial charge is 0.317 e. The molecule has 16 heavy (non-hydrogen) atoms. The van der Waals surface area contributed by atoms with Crippen LogP contribution >= 0.6 is 22.9 Å². The first-order valence-electron chi connectivity index (χ1n) is 4.81. The third kappa shape index (κ3) is 1.98. The summed E-state index contributed by atoms with van der Waals surface area (Å²) in [6.45, 7) is 1.79. The van der Waals surface area contributed by atoms with Crippen molar-refractivity contribution in [1.82, 2.24) is 0 Å². The molecule has 4 heteroatoms. The molecule has 0 saturated carbocycles. The number of halogens is 2. The molecule has 1 heterocycles. The molecular weight excluding hydrogens is 245 g/mol. The lowest BCUT2D eigenvalue weighted by molar-refractivity contribution is 0.537. The van der Waals surface area contributed by atoms with Crippen molar-refractivity contribution in [2.45, 2.75) is 12.5 Å². The van der Waals surface area contributed by atoms with E-state index < -0.39 is 5.54 Å². The second-order valence-electron chi connectivity index (χ2n) is 3.79. The van der Waals surface area contributed by atoms with E-state index in [9.17, 15) is 4.39 Å². The Morgan fingerprint density at radius 3 is 2.50 bits per heavy atom. The molecule has 1 aromatic carbocycles. The number of rotatable bonds is 2. The van der Waals surface area contributed by atoms with Crippen LogP contribution in [0.25, 0.3) is 0 Å². The van der Waals surface area contributed by atoms with Crippen LogP contribution in [0.2, 0.25) is 4.34 Å². The lowest BCUT2D eigenvalue weighted by Crippen LogP contribution is -2.34. The fraction of sp³-hybridized carbons (Fsp3) is 0.167. The molecule has 0 fully saturated rings. The number of benzene rings is 1. The first kappa shape index (κ1) is 11.6. The van der Waals surface area contributed by atoms with Gasteiger partial charge in [-0.15, -0.1) is 11.3 Å². The topological polar surface area (TPSA) is 26.0 Å². The SMILES string of the molecule is CC(N)(c1ccc(Cl)s1)c1ccccc1F.